The Bertz CT molecular complexity index is 809. The molecular weight excluding hydrogens is 369 g/mol. The molecule has 0 saturated heterocycles. The van der Waals surface area contributed by atoms with Gasteiger partial charge in [-0.25, -0.2) is 0 Å². The molecule has 1 aromatic carbocycles. The highest BCUT2D eigenvalue weighted by molar-refractivity contribution is 5.58. The summed E-state index contributed by atoms with van der Waals surface area (Å²) in [5.41, 5.74) is 1.74. The van der Waals surface area contributed by atoms with Crippen molar-refractivity contribution in [1.29, 1.82) is 0 Å². The highest BCUT2D eigenvalue weighted by atomic mass is 19.4. The molecule has 150 valence electrons. The fraction of sp³-hybridized carbons (Fsp3) is 0.571. The van der Waals surface area contributed by atoms with Gasteiger partial charge >= 0.3 is 6.36 Å². The van der Waals surface area contributed by atoms with E-state index < -0.39 is 6.36 Å². The molecule has 0 spiro atoms. The second-order valence-electron chi connectivity index (χ2n) is 8.81. The Labute approximate surface area is 161 Å². The number of alkyl halides is 3. The van der Waals surface area contributed by atoms with Crippen molar-refractivity contribution in [3.8, 4) is 17.1 Å². The van der Waals surface area contributed by atoms with E-state index in [4.69, 9.17) is 4.52 Å². The SMILES string of the molecule is FC(F)(F)Oc1ccc(-c2cc(CNC34CC5CC(CC(C5)C3)C4)no2)cc1. The zero-order chi connectivity index (χ0) is 19.4. The Kier molecular flexibility index (Phi) is 4.19. The van der Waals surface area contributed by atoms with E-state index in [9.17, 15) is 13.2 Å². The van der Waals surface area contributed by atoms with Crippen LogP contribution in [-0.4, -0.2) is 17.1 Å². The number of rotatable bonds is 5. The van der Waals surface area contributed by atoms with Crippen LogP contribution in [0.15, 0.2) is 34.9 Å². The van der Waals surface area contributed by atoms with Gasteiger partial charge in [-0.1, -0.05) is 5.16 Å². The van der Waals surface area contributed by atoms with Gasteiger partial charge in [0.25, 0.3) is 0 Å². The van der Waals surface area contributed by atoms with E-state index in [1.54, 1.807) is 0 Å². The minimum Gasteiger partial charge on any atom is -0.406 e. The van der Waals surface area contributed by atoms with Gasteiger partial charge < -0.3 is 14.6 Å². The minimum absolute atomic E-state index is 0.250. The number of nitrogens with zero attached hydrogens (tertiary/aromatic N) is 1. The molecule has 4 bridgehead atoms. The standard InChI is InChI=1S/C21H23F3N2O2/c22-21(23,24)27-18-3-1-16(2-4-18)19-8-17(26-28-19)12-25-20-9-13-5-14(10-20)7-15(6-13)11-20/h1-4,8,13-15,25H,5-7,9-12H2. The first-order valence-corrected chi connectivity index (χ1v) is 9.93. The van der Waals surface area contributed by atoms with E-state index in [1.165, 1.54) is 62.8 Å². The smallest absolute Gasteiger partial charge is 0.406 e. The fourth-order valence-electron chi connectivity index (χ4n) is 5.96. The van der Waals surface area contributed by atoms with Crippen molar-refractivity contribution in [2.24, 2.45) is 17.8 Å². The topological polar surface area (TPSA) is 47.3 Å². The third kappa shape index (κ3) is 3.64. The number of ether oxygens (including phenoxy) is 1. The molecule has 0 aliphatic heterocycles. The van der Waals surface area contributed by atoms with Crippen LogP contribution in [0.1, 0.15) is 44.2 Å². The van der Waals surface area contributed by atoms with Crippen LogP contribution < -0.4 is 10.1 Å². The molecule has 6 rings (SSSR count). The largest absolute Gasteiger partial charge is 0.573 e. The van der Waals surface area contributed by atoms with Gasteiger partial charge in [0.2, 0.25) is 0 Å². The number of hydrogen-bond donors (Lipinski definition) is 1. The zero-order valence-electron chi connectivity index (χ0n) is 15.5. The molecule has 1 heterocycles. The second kappa shape index (κ2) is 6.51. The van der Waals surface area contributed by atoms with Crippen molar-refractivity contribution >= 4 is 0 Å². The molecule has 0 atom stereocenters. The van der Waals surface area contributed by atoms with Gasteiger partial charge in [-0.2, -0.15) is 0 Å². The van der Waals surface area contributed by atoms with Gasteiger partial charge in [0, 0.05) is 23.7 Å². The van der Waals surface area contributed by atoms with Crippen molar-refractivity contribution in [2.75, 3.05) is 0 Å². The molecule has 28 heavy (non-hydrogen) atoms. The minimum atomic E-state index is -4.69. The maximum Gasteiger partial charge on any atom is 0.573 e. The Hall–Kier alpha value is -2.02. The summed E-state index contributed by atoms with van der Waals surface area (Å²) in [5.74, 6) is 2.93. The molecule has 4 saturated carbocycles. The molecule has 2 aromatic rings. The van der Waals surface area contributed by atoms with Crippen LogP contribution in [0.3, 0.4) is 0 Å². The second-order valence-corrected chi connectivity index (χ2v) is 8.81. The summed E-state index contributed by atoms with van der Waals surface area (Å²) in [6, 6.07) is 7.49. The lowest BCUT2D eigenvalue weighted by Gasteiger charge is -2.57. The lowest BCUT2D eigenvalue weighted by Crippen LogP contribution is -2.58. The molecule has 1 aromatic heterocycles. The predicted octanol–water partition coefficient (Wildman–Crippen LogP) is 5.30. The lowest BCUT2D eigenvalue weighted by atomic mass is 9.53. The van der Waals surface area contributed by atoms with Crippen LogP contribution in [0, 0.1) is 17.8 Å². The molecule has 4 aliphatic carbocycles. The summed E-state index contributed by atoms with van der Waals surface area (Å²) in [6.45, 7) is 0.658. The Morgan fingerprint density at radius 2 is 1.64 bits per heavy atom. The summed E-state index contributed by atoms with van der Waals surface area (Å²) >= 11 is 0. The highest BCUT2D eigenvalue weighted by Gasteiger charge is 2.50. The first kappa shape index (κ1) is 18.0. The summed E-state index contributed by atoms with van der Waals surface area (Å²) in [4.78, 5) is 0. The van der Waals surface area contributed by atoms with Crippen LogP contribution in [0.4, 0.5) is 13.2 Å². The summed E-state index contributed by atoms with van der Waals surface area (Å²) < 4.78 is 46.1. The van der Waals surface area contributed by atoms with E-state index >= 15 is 0 Å². The van der Waals surface area contributed by atoms with Crippen molar-refractivity contribution in [3.05, 3.63) is 36.0 Å². The Morgan fingerprint density at radius 1 is 1.04 bits per heavy atom. The van der Waals surface area contributed by atoms with Crippen LogP contribution >= 0.6 is 0 Å². The van der Waals surface area contributed by atoms with Crippen LogP contribution in [-0.2, 0) is 6.54 Å². The van der Waals surface area contributed by atoms with Gasteiger partial charge in [-0.3, -0.25) is 0 Å². The fourth-order valence-corrected chi connectivity index (χ4v) is 5.96. The van der Waals surface area contributed by atoms with Crippen molar-refractivity contribution in [2.45, 2.75) is 57.0 Å². The number of halogens is 3. The van der Waals surface area contributed by atoms with Crippen LogP contribution in [0.5, 0.6) is 5.75 Å². The maximum atomic E-state index is 12.3. The Morgan fingerprint density at radius 3 is 2.21 bits per heavy atom. The summed E-state index contributed by atoms with van der Waals surface area (Å²) in [5, 5.41) is 7.92. The summed E-state index contributed by atoms with van der Waals surface area (Å²) in [7, 11) is 0. The zero-order valence-corrected chi connectivity index (χ0v) is 15.5. The third-order valence-electron chi connectivity index (χ3n) is 6.61. The number of hydrogen-bond acceptors (Lipinski definition) is 4. The molecule has 0 amide bonds. The molecule has 0 radical (unpaired) electrons. The molecule has 1 N–H and O–H groups in total. The summed E-state index contributed by atoms with van der Waals surface area (Å²) in [6.07, 6.45) is 3.33. The van der Waals surface area contributed by atoms with E-state index in [0.29, 0.717) is 17.9 Å². The van der Waals surface area contributed by atoms with Crippen molar-refractivity contribution in [3.63, 3.8) is 0 Å². The number of nitrogens with one attached hydrogen (secondary N) is 1. The highest BCUT2D eigenvalue weighted by Crippen LogP contribution is 2.55. The van der Waals surface area contributed by atoms with Crippen molar-refractivity contribution < 1.29 is 22.4 Å². The quantitative estimate of drug-likeness (QED) is 0.750. The van der Waals surface area contributed by atoms with Gasteiger partial charge in [0.1, 0.15) is 5.75 Å². The van der Waals surface area contributed by atoms with E-state index in [2.05, 4.69) is 15.2 Å². The van der Waals surface area contributed by atoms with E-state index in [0.717, 1.165) is 23.4 Å². The normalized spacial score (nSPS) is 31.3. The molecule has 0 unspecified atom stereocenters. The van der Waals surface area contributed by atoms with E-state index in [-0.39, 0.29) is 11.3 Å². The van der Waals surface area contributed by atoms with Gasteiger partial charge in [-0.15, -0.1) is 13.2 Å². The van der Waals surface area contributed by atoms with Gasteiger partial charge in [0.15, 0.2) is 5.76 Å². The molecular formula is C21H23F3N2O2. The molecule has 4 nitrogen and oxygen atoms in total. The predicted molar refractivity (Wildman–Crippen MR) is 96.4 cm³/mol. The first-order valence-electron chi connectivity index (χ1n) is 9.93. The molecule has 7 heteroatoms. The van der Waals surface area contributed by atoms with Crippen molar-refractivity contribution in [1.82, 2.24) is 10.5 Å². The maximum absolute atomic E-state index is 12.3. The molecule has 4 fully saturated rings. The average Bonchev–Trinajstić information content (AvgIpc) is 3.07. The van der Waals surface area contributed by atoms with Crippen LogP contribution in [0.25, 0.3) is 11.3 Å². The number of benzene rings is 1. The monoisotopic (exact) mass is 392 g/mol. The first-order chi connectivity index (χ1) is 13.4. The third-order valence-corrected chi connectivity index (χ3v) is 6.61. The molecule has 4 aliphatic rings. The number of aromatic nitrogens is 1. The Balaban J connectivity index is 1.23. The van der Waals surface area contributed by atoms with Gasteiger partial charge in [-0.05, 0) is 80.5 Å². The van der Waals surface area contributed by atoms with E-state index in [1.807, 2.05) is 6.07 Å². The van der Waals surface area contributed by atoms with Gasteiger partial charge in [0.05, 0.1) is 5.69 Å². The average molecular weight is 392 g/mol. The lowest BCUT2D eigenvalue weighted by molar-refractivity contribution is -0.274. The van der Waals surface area contributed by atoms with Crippen LogP contribution in [0.2, 0.25) is 0 Å².